The summed E-state index contributed by atoms with van der Waals surface area (Å²) in [5.74, 6) is 0.167. The molecule has 2 saturated heterocycles. The predicted molar refractivity (Wildman–Crippen MR) is 103 cm³/mol. The van der Waals surface area contributed by atoms with E-state index in [1.165, 1.54) is 5.56 Å². The summed E-state index contributed by atoms with van der Waals surface area (Å²) in [5, 5.41) is 0. The van der Waals surface area contributed by atoms with E-state index in [1.807, 2.05) is 34.1 Å². The maximum absolute atomic E-state index is 13.1. The van der Waals surface area contributed by atoms with Crippen LogP contribution >= 0.6 is 0 Å². The molecule has 2 aromatic rings. The summed E-state index contributed by atoms with van der Waals surface area (Å²) in [4.78, 5) is 33.5. The average Bonchev–Trinajstić information content (AvgIpc) is 2.99. The normalized spacial score (nSPS) is 25.2. The van der Waals surface area contributed by atoms with Crippen molar-refractivity contribution < 1.29 is 9.59 Å². The van der Waals surface area contributed by atoms with E-state index in [9.17, 15) is 9.59 Å². The van der Waals surface area contributed by atoms with Gasteiger partial charge in [-0.3, -0.25) is 14.6 Å². The van der Waals surface area contributed by atoms with Gasteiger partial charge in [-0.05, 0) is 30.5 Å². The van der Waals surface area contributed by atoms with Gasteiger partial charge in [0.1, 0.15) is 0 Å². The van der Waals surface area contributed by atoms with E-state index in [0.717, 1.165) is 25.1 Å². The fraction of sp³-hybridized carbons (Fsp3) is 0.409. The highest BCUT2D eigenvalue weighted by Crippen LogP contribution is 2.46. The number of hydrogen-bond acceptors (Lipinski definition) is 3. The van der Waals surface area contributed by atoms with Crippen molar-refractivity contribution in [2.24, 2.45) is 0 Å². The first-order valence-electron chi connectivity index (χ1n) is 9.60. The SMILES string of the molecule is CC(=O)N1CC[C@]2(c3ccccc3)CCN(Cc3ccccn3)C(=O)C[C@@H]12. The maximum Gasteiger partial charge on any atom is 0.225 e. The summed E-state index contributed by atoms with van der Waals surface area (Å²) in [7, 11) is 0. The van der Waals surface area contributed by atoms with Gasteiger partial charge in [0.15, 0.2) is 0 Å². The number of benzene rings is 1. The summed E-state index contributed by atoms with van der Waals surface area (Å²) in [6.45, 7) is 3.55. The van der Waals surface area contributed by atoms with Crippen LogP contribution in [0.3, 0.4) is 0 Å². The quantitative estimate of drug-likeness (QED) is 0.843. The summed E-state index contributed by atoms with van der Waals surface area (Å²) in [6.07, 6.45) is 3.91. The summed E-state index contributed by atoms with van der Waals surface area (Å²) in [6, 6.07) is 16.1. The fourth-order valence-electron chi connectivity index (χ4n) is 4.77. The molecule has 4 rings (SSSR count). The Bertz CT molecular complexity index is 824. The monoisotopic (exact) mass is 363 g/mol. The first-order chi connectivity index (χ1) is 13.1. The highest BCUT2D eigenvalue weighted by molar-refractivity contribution is 5.80. The fourth-order valence-corrected chi connectivity index (χ4v) is 4.77. The molecule has 2 aliphatic rings. The van der Waals surface area contributed by atoms with Crippen LogP contribution in [0.15, 0.2) is 54.7 Å². The van der Waals surface area contributed by atoms with Gasteiger partial charge in [0.25, 0.3) is 0 Å². The van der Waals surface area contributed by atoms with Gasteiger partial charge in [0.2, 0.25) is 11.8 Å². The Morgan fingerprint density at radius 3 is 2.56 bits per heavy atom. The van der Waals surface area contributed by atoms with Crippen LogP contribution in [0.25, 0.3) is 0 Å². The highest BCUT2D eigenvalue weighted by Gasteiger charge is 2.51. The number of pyridine rings is 1. The molecule has 0 spiro atoms. The molecule has 140 valence electrons. The minimum atomic E-state index is -0.151. The van der Waals surface area contributed by atoms with Crippen LogP contribution in [0.1, 0.15) is 37.4 Å². The lowest BCUT2D eigenvalue weighted by atomic mass is 9.71. The van der Waals surface area contributed by atoms with E-state index < -0.39 is 0 Å². The summed E-state index contributed by atoms with van der Waals surface area (Å²) >= 11 is 0. The number of rotatable bonds is 3. The minimum absolute atomic E-state index is 0.0591. The second-order valence-corrected chi connectivity index (χ2v) is 7.59. The van der Waals surface area contributed by atoms with Crippen molar-refractivity contribution in [1.29, 1.82) is 0 Å². The minimum Gasteiger partial charge on any atom is -0.339 e. The zero-order valence-electron chi connectivity index (χ0n) is 15.7. The van der Waals surface area contributed by atoms with Crippen LogP contribution < -0.4 is 0 Å². The summed E-state index contributed by atoms with van der Waals surface area (Å²) in [5.41, 5.74) is 1.99. The van der Waals surface area contributed by atoms with Gasteiger partial charge in [0, 0.05) is 38.0 Å². The smallest absolute Gasteiger partial charge is 0.225 e. The van der Waals surface area contributed by atoms with Crippen molar-refractivity contribution in [3.05, 3.63) is 66.0 Å². The number of carbonyl (C=O) groups excluding carboxylic acids is 2. The maximum atomic E-state index is 13.1. The Balaban J connectivity index is 1.66. The number of amides is 2. The predicted octanol–water partition coefficient (Wildman–Crippen LogP) is 2.76. The Morgan fingerprint density at radius 1 is 1.11 bits per heavy atom. The molecule has 1 aromatic heterocycles. The molecule has 0 saturated carbocycles. The second kappa shape index (κ2) is 7.14. The van der Waals surface area contributed by atoms with Crippen LogP contribution in [-0.2, 0) is 21.5 Å². The molecule has 5 heteroatoms. The van der Waals surface area contributed by atoms with Gasteiger partial charge >= 0.3 is 0 Å². The zero-order valence-corrected chi connectivity index (χ0v) is 15.7. The molecule has 27 heavy (non-hydrogen) atoms. The van der Waals surface area contributed by atoms with Gasteiger partial charge in [-0.2, -0.15) is 0 Å². The van der Waals surface area contributed by atoms with E-state index in [0.29, 0.717) is 19.5 Å². The lowest BCUT2D eigenvalue weighted by Gasteiger charge is -2.36. The Kier molecular flexibility index (Phi) is 4.68. The highest BCUT2D eigenvalue weighted by atomic mass is 16.2. The van der Waals surface area contributed by atoms with Crippen LogP contribution in [0.2, 0.25) is 0 Å². The number of hydrogen-bond donors (Lipinski definition) is 0. The third-order valence-electron chi connectivity index (χ3n) is 6.19. The Morgan fingerprint density at radius 2 is 1.85 bits per heavy atom. The van der Waals surface area contributed by atoms with Crippen molar-refractivity contribution in [2.45, 2.75) is 44.2 Å². The van der Waals surface area contributed by atoms with Crippen LogP contribution in [0.4, 0.5) is 0 Å². The molecule has 2 fully saturated rings. The van der Waals surface area contributed by atoms with Crippen LogP contribution in [0.5, 0.6) is 0 Å². The molecule has 5 nitrogen and oxygen atoms in total. The van der Waals surface area contributed by atoms with Crippen LogP contribution in [-0.4, -0.2) is 45.7 Å². The van der Waals surface area contributed by atoms with E-state index >= 15 is 0 Å². The third-order valence-corrected chi connectivity index (χ3v) is 6.19. The largest absolute Gasteiger partial charge is 0.339 e. The molecule has 0 bridgehead atoms. The van der Waals surface area contributed by atoms with Crippen molar-refractivity contribution in [1.82, 2.24) is 14.8 Å². The van der Waals surface area contributed by atoms with E-state index in [-0.39, 0.29) is 23.3 Å². The molecule has 0 aliphatic carbocycles. The van der Waals surface area contributed by atoms with Gasteiger partial charge in [-0.1, -0.05) is 36.4 Å². The standard InChI is InChI=1S/C22H25N3O2/c1-17(26)25-14-11-22(18-7-3-2-4-8-18)10-13-24(21(27)15-20(22)25)16-19-9-5-6-12-23-19/h2-9,12,20H,10-11,13-16H2,1H3/t20-,22+/m1/s1. The molecule has 0 N–H and O–H groups in total. The average molecular weight is 363 g/mol. The molecule has 2 aliphatic heterocycles. The van der Waals surface area contributed by atoms with Gasteiger partial charge in [0.05, 0.1) is 18.3 Å². The second-order valence-electron chi connectivity index (χ2n) is 7.59. The number of fused-ring (bicyclic) bond motifs is 1. The zero-order chi connectivity index (χ0) is 18.9. The van der Waals surface area contributed by atoms with Crippen LogP contribution in [0, 0.1) is 0 Å². The number of carbonyl (C=O) groups is 2. The molecular formula is C22H25N3O2. The Labute approximate surface area is 160 Å². The molecule has 2 amide bonds. The molecule has 0 radical (unpaired) electrons. The first kappa shape index (κ1) is 17.7. The van der Waals surface area contributed by atoms with E-state index in [4.69, 9.17) is 0 Å². The number of likely N-dealkylation sites (tertiary alicyclic amines) is 2. The first-order valence-corrected chi connectivity index (χ1v) is 9.60. The third kappa shape index (κ3) is 3.22. The van der Waals surface area contributed by atoms with Crippen molar-refractivity contribution in [3.8, 4) is 0 Å². The lowest BCUT2D eigenvalue weighted by molar-refractivity contribution is -0.134. The van der Waals surface area contributed by atoms with Gasteiger partial charge < -0.3 is 9.80 Å². The van der Waals surface area contributed by atoms with E-state index in [2.05, 4.69) is 29.2 Å². The topological polar surface area (TPSA) is 53.5 Å². The Hall–Kier alpha value is -2.69. The molecule has 3 heterocycles. The van der Waals surface area contributed by atoms with Gasteiger partial charge in [-0.25, -0.2) is 0 Å². The number of aromatic nitrogens is 1. The molecule has 0 unspecified atom stereocenters. The van der Waals surface area contributed by atoms with Gasteiger partial charge in [-0.15, -0.1) is 0 Å². The summed E-state index contributed by atoms with van der Waals surface area (Å²) < 4.78 is 0. The molecule has 2 atom stereocenters. The van der Waals surface area contributed by atoms with Crippen molar-refractivity contribution in [2.75, 3.05) is 13.1 Å². The molecular weight excluding hydrogens is 338 g/mol. The lowest BCUT2D eigenvalue weighted by Crippen LogP contribution is -2.45. The van der Waals surface area contributed by atoms with E-state index in [1.54, 1.807) is 13.1 Å². The van der Waals surface area contributed by atoms with Crippen molar-refractivity contribution in [3.63, 3.8) is 0 Å². The number of nitrogens with zero attached hydrogens (tertiary/aromatic N) is 3. The molecule has 1 aromatic carbocycles. The van der Waals surface area contributed by atoms with Crippen molar-refractivity contribution >= 4 is 11.8 Å².